The smallest absolute Gasteiger partial charge is 0.420 e. The first-order valence-corrected chi connectivity index (χ1v) is 5.52. The zero-order valence-electron chi connectivity index (χ0n) is 10.7. The molecule has 0 saturated carbocycles. The van der Waals surface area contributed by atoms with Crippen LogP contribution in [0, 0.1) is 6.33 Å². The second kappa shape index (κ2) is 7.88. The normalized spacial score (nSPS) is 12.3. The molecule has 0 N–H and O–H groups in total. The first-order chi connectivity index (χ1) is 8.40. The summed E-state index contributed by atoms with van der Waals surface area (Å²) in [5.74, 6) is 0. The van der Waals surface area contributed by atoms with Crippen LogP contribution >= 0.6 is 0 Å². The van der Waals surface area contributed by atoms with Crippen molar-refractivity contribution in [3.63, 3.8) is 0 Å². The van der Waals surface area contributed by atoms with Crippen LogP contribution in [0.5, 0.6) is 0 Å². The Kier molecular flexibility index (Phi) is 6.45. The van der Waals surface area contributed by atoms with Crippen molar-refractivity contribution >= 4 is 6.08 Å². The van der Waals surface area contributed by atoms with Crippen LogP contribution in [0.2, 0.25) is 0 Å². The molecule has 0 aliphatic rings. The van der Waals surface area contributed by atoms with Gasteiger partial charge in [-0.3, -0.25) is 5.10 Å². The molecule has 1 aromatic carbocycles. The summed E-state index contributed by atoms with van der Waals surface area (Å²) in [6, 6.07) is 10.1. The van der Waals surface area contributed by atoms with E-state index >= 15 is 0 Å². The second-order valence-corrected chi connectivity index (χ2v) is 3.44. The molecule has 0 amide bonds. The molecule has 1 aromatic heterocycles. The topological polar surface area (TPSA) is 39.9 Å². The maximum Gasteiger partial charge on any atom is 1.00 e. The first kappa shape index (κ1) is 14.7. The van der Waals surface area contributed by atoms with Crippen LogP contribution < -0.4 is 18.9 Å². The number of ether oxygens (including phenoxy) is 1. The third-order valence-electron chi connectivity index (χ3n) is 2.25. The van der Waals surface area contributed by atoms with Gasteiger partial charge in [-0.15, -0.1) is 0 Å². The van der Waals surface area contributed by atoms with Crippen LogP contribution in [0.15, 0.2) is 42.7 Å². The van der Waals surface area contributed by atoms with Gasteiger partial charge in [-0.25, -0.2) is 0 Å². The molecule has 88 valence electrons. The molecule has 2 rings (SSSR count). The van der Waals surface area contributed by atoms with E-state index in [4.69, 9.17) is 4.74 Å². The molecule has 0 aliphatic heterocycles. The van der Waals surface area contributed by atoms with E-state index in [2.05, 4.69) is 16.4 Å². The van der Waals surface area contributed by atoms with Crippen molar-refractivity contribution in [2.75, 3.05) is 6.61 Å². The zero-order chi connectivity index (χ0) is 11.9. The van der Waals surface area contributed by atoms with Crippen molar-refractivity contribution < 1.29 is 23.6 Å². The van der Waals surface area contributed by atoms with Crippen LogP contribution in [0.3, 0.4) is 0 Å². The van der Waals surface area contributed by atoms with E-state index in [1.165, 1.54) is 0 Å². The van der Waals surface area contributed by atoms with Gasteiger partial charge in [0.1, 0.15) is 0 Å². The van der Waals surface area contributed by atoms with Gasteiger partial charge in [0.25, 0.3) is 0 Å². The minimum Gasteiger partial charge on any atom is -0.420 e. The number of nitrogens with zero attached hydrogens (tertiary/aromatic N) is 3. The van der Waals surface area contributed by atoms with E-state index in [9.17, 15) is 0 Å². The average Bonchev–Trinajstić information content (AvgIpc) is 2.89. The Morgan fingerprint density at radius 2 is 2.17 bits per heavy atom. The summed E-state index contributed by atoms with van der Waals surface area (Å²) in [6.07, 6.45) is 7.82. The minimum atomic E-state index is -0.237. The summed E-state index contributed by atoms with van der Waals surface area (Å²) >= 11 is 0. The standard InChI is InChI=1S/C13H14N3O.Li/c1-2-17-13(16-11-14-10-15-16)9-8-12-6-4-3-5-7-12;/h3-9,11,13H,2H2,1H3;/q-1;+1/b9-8+;. The van der Waals surface area contributed by atoms with Crippen LogP contribution in [0.1, 0.15) is 18.7 Å². The van der Waals surface area contributed by atoms with Crippen molar-refractivity contribution in [2.45, 2.75) is 13.2 Å². The monoisotopic (exact) mass is 235 g/mol. The summed E-state index contributed by atoms with van der Waals surface area (Å²) in [4.78, 5) is 3.79. The number of benzene rings is 1. The Hall–Kier alpha value is -1.34. The quantitative estimate of drug-likeness (QED) is 0.510. The molecule has 0 spiro atoms. The fraction of sp³-hybridized carbons (Fsp3) is 0.231. The summed E-state index contributed by atoms with van der Waals surface area (Å²) in [6.45, 7) is 2.56. The molecule has 0 aliphatic carbocycles. The van der Waals surface area contributed by atoms with Crippen LogP contribution in [0.4, 0.5) is 0 Å². The van der Waals surface area contributed by atoms with Gasteiger partial charge in [0, 0.05) is 6.61 Å². The predicted octanol–water partition coefficient (Wildman–Crippen LogP) is -0.669. The molecule has 4 nitrogen and oxygen atoms in total. The second-order valence-electron chi connectivity index (χ2n) is 3.44. The Morgan fingerprint density at radius 3 is 2.78 bits per heavy atom. The van der Waals surface area contributed by atoms with Crippen molar-refractivity contribution in [3.05, 3.63) is 54.6 Å². The third-order valence-corrected chi connectivity index (χ3v) is 2.25. The molecular formula is C13H14LiN3O. The van der Waals surface area contributed by atoms with Gasteiger partial charge < -0.3 is 14.4 Å². The van der Waals surface area contributed by atoms with Crippen molar-refractivity contribution in [3.8, 4) is 0 Å². The molecule has 0 fully saturated rings. The molecule has 0 bridgehead atoms. The Bertz CT molecular complexity index is 456. The predicted molar refractivity (Wildman–Crippen MR) is 65.0 cm³/mol. The molecule has 5 heteroatoms. The van der Waals surface area contributed by atoms with Gasteiger partial charge in [-0.2, -0.15) is 0 Å². The van der Waals surface area contributed by atoms with Gasteiger partial charge in [-0.1, -0.05) is 36.4 Å². The van der Waals surface area contributed by atoms with Gasteiger partial charge in [-0.05, 0) is 31.2 Å². The number of hydrogen-bond donors (Lipinski definition) is 0. The minimum absolute atomic E-state index is 0. The largest absolute Gasteiger partial charge is 1.00 e. The van der Waals surface area contributed by atoms with Gasteiger partial charge >= 0.3 is 18.9 Å². The Balaban J connectivity index is 0.00000162. The third kappa shape index (κ3) is 4.15. The van der Waals surface area contributed by atoms with E-state index in [1.807, 2.05) is 49.4 Å². The summed E-state index contributed by atoms with van der Waals surface area (Å²) in [5, 5.41) is 3.95. The first-order valence-electron chi connectivity index (χ1n) is 5.52. The maximum atomic E-state index is 5.56. The van der Waals surface area contributed by atoms with Crippen molar-refractivity contribution in [1.29, 1.82) is 0 Å². The molecular weight excluding hydrogens is 221 g/mol. The Morgan fingerprint density at radius 1 is 1.39 bits per heavy atom. The molecule has 0 radical (unpaired) electrons. The van der Waals surface area contributed by atoms with Crippen LogP contribution in [-0.2, 0) is 4.74 Å². The van der Waals surface area contributed by atoms with E-state index < -0.39 is 0 Å². The van der Waals surface area contributed by atoms with E-state index in [0.29, 0.717) is 6.61 Å². The number of rotatable bonds is 5. The fourth-order valence-electron chi connectivity index (χ4n) is 1.46. The van der Waals surface area contributed by atoms with E-state index in [1.54, 1.807) is 11.0 Å². The molecule has 18 heavy (non-hydrogen) atoms. The molecule has 1 heterocycles. The van der Waals surface area contributed by atoms with Crippen LogP contribution in [-0.4, -0.2) is 21.4 Å². The molecule has 1 atom stereocenters. The Labute approximate surface area is 119 Å². The summed E-state index contributed by atoms with van der Waals surface area (Å²) in [7, 11) is 0. The number of hydrogen-bond acceptors (Lipinski definition) is 3. The molecule has 2 aromatic rings. The average molecular weight is 235 g/mol. The number of aromatic nitrogens is 3. The zero-order valence-corrected chi connectivity index (χ0v) is 10.7. The fourth-order valence-corrected chi connectivity index (χ4v) is 1.46. The van der Waals surface area contributed by atoms with Gasteiger partial charge in [0.2, 0.25) is 0 Å². The van der Waals surface area contributed by atoms with Crippen molar-refractivity contribution in [2.24, 2.45) is 0 Å². The molecule has 1 unspecified atom stereocenters. The van der Waals surface area contributed by atoms with E-state index in [0.717, 1.165) is 5.56 Å². The summed E-state index contributed by atoms with van der Waals surface area (Å²) in [5.41, 5.74) is 1.13. The van der Waals surface area contributed by atoms with Gasteiger partial charge in [0.15, 0.2) is 6.23 Å². The van der Waals surface area contributed by atoms with Crippen LogP contribution in [0.25, 0.3) is 6.08 Å². The van der Waals surface area contributed by atoms with E-state index in [-0.39, 0.29) is 25.1 Å². The van der Waals surface area contributed by atoms with Gasteiger partial charge in [0.05, 0.1) is 0 Å². The van der Waals surface area contributed by atoms with Crippen molar-refractivity contribution in [1.82, 2.24) is 14.8 Å². The SMILES string of the molecule is CCOC(/C=C/c1ccccc1)n1cn[c-]n1.[Li+]. The summed E-state index contributed by atoms with van der Waals surface area (Å²) < 4.78 is 7.19. The molecule has 0 saturated heterocycles. The maximum absolute atomic E-state index is 5.56.